The molecule has 1 aromatic carbocycles. The quantitative estimate of drug-likeness (QED) is 0.876. The van der Waals surface area contributed by atoms with Crippen LogP contribution in [-0.2, 0) is 0 Å². The summed E-state index contributed by atoms with van der Waals surface area (Å²) in [7, 11) is 0. The molecule has 0 aliphatic carbocycles. The van der Waals surface area contributed by atoms with Gasteiger partial charge in [0.15, 0.2) is 0 Å². The third-order valence-electron chi connectivity index (χ3n) is 2.56. The van der Waals surface area contributed by atoms with Crippen LogP contribution < -0.4 is 5.32 Å². The molecule has 0 bridgehead atoms. The second-order valence-electron chi connectivity index (χ2n) is 4.02. The van der Waals surface area contributed by atoms with Crippen molar-refractivity contribution < 1.29 is 9.18 Å². The zero-order valence-electron chi connectivity index (χ0n) is 10.4. The van der Waals surface area contributed by atoms with Crippen molar-refractivity contribution in [2.24, 2.45) is 0 Å². The van der Waals surface area contributed by atoms with Gasteiger partial charge in [-0.05, 0) is 31.7 Å². The van der Waals surface area contributed by atoms with Crippen LogP contribution in [0.15, 0.2) is 18.2 Å². The SMILES string of the molecule is CCC(CSC)NC(=O)c1cc(C)ccc1F. The lowest BCUT2D eigenvalue weighted by Gasteiger charge is -2.16. The first kappa shape index (κ1) is 14.0. The largest absolute Gasteiger partial charge is 0.348 e. The number of amides is 1. The van der Waals surface area contributed by atoms with E-state index in [0.717, 1.165) is 17.7 Å². The van der Waals surface area contributed by atoms with Crippen LogP contribution in [0, 0.1) is 12.7 Å². The first-order valence-corrected chi connectivity index (χ1v) is 7.03. The van der Waals surface area contributed by atoms with Gasteiger partial charge in [0.1, 0.15) is 5.82 Å². The molecule has 1 aromatic rings. The predicted molar refractivity (Wildman–Crippen MR) is 71.1 cm³/mol. The highest BCUT2D eigenvalue weighted by molar-refractivity contribution is 7.98. The maximum atomic E-state index is 13.5. The van der Waals surface area contributed by atoms with Crippen molar-refractivity contribution in [1.82, 2.24) is 5.32 Å². The van der Waals surface area contributed by atoms with Crippen molar-refractivity contribution in [3.8, 4) is 0 Å². The Balaban J connectivity index is 2.78. The van der Waals surface area contributed by atoms with E-state index in [0.29, 0.717) is 0 Å². The minimum Gasteiger partial charge on any atom is -0.348 e. The fourth-order valence-electron chi connectivity index (χ4n) is 1.54. The highest BCUT2D eigenvalue weighted by Gasteiger charge is 2.15. The first-order valence-electron chi connectivity index (χ1n) is 5.64. The number of carbonyl (C=O) groups excluding carboxylic acids is 1. The van der Waals surface area contributed by atoms with E-state index in [2.05, 4.69) is 5.32 Å². The van der Waals surface area contributed by atoms with Crippen molar-refractivity contribution >= 4 is 17.7 Å². The van der Waals surface area contributed by atoms with Gasteiger partial charge in [-0.3, -0.25) is 4.79 Å². The van der Waals surface area contributed by atoms with Gasteiger partial charge in [0.05, 0.1) is 5.56 Å². The molecule has 4 heteroatoms. The van der Waals surface area contributed by atoms with Crippen LogP contribution in [0.25, 0.3) is 0 Å². The third-order valence-corrected chi connectivity index (χ3v) is 3.30. The van der Waals surface area contributed by atoms with Gasteiger partial charge in [-0.1, -0.05) is 18.6 Å². The normalized spacial score (nSPS) is 12.2. The van der Waals surface area contributed by atoms with E-state index in [1.54, 1.807) is 23.9 Å². The summed E-state index contributed by atoms with van der Waals surface area (Å²) in [4.78, 5) is 11.9. The van der Waals surface area contributed by atoms with E-state index in [9.17, 15) is 9.18 Å². The average molecular weight is 255 g/mol. The van der Waals surface area contributed by atoms with Crippen molar-refractivity contribution in [3.63, 3.8) is 0 Å². The Morgan fingerprint density at radius 3 is 2.82 bits per heavy atom. The lowest BCUT2D eigenvalue weighted by atomic mass is 10.1. The van der Waals surface area contributed by atoms with Gasteiger partial charge < -0.3 is 5.32 Å². The summed E-state index contributed by atoms with van der Waals surface area (Å²) < 4.78 is 13.5. The van der Waals surface area contributed by atoms with E-state index in [1.165, 1.54) is 6.07 Å². The highest BCUT2D eigenvalue weighted by Crippen LogP contribution is 2.11. The number of hydrogen-bond donors (Lipinski definition) is 1. The molecular formula is C13H18FNOS. The molecule has 0 heterocycles. The van der Waals surface area contributed by atoms with Gasteiger partial charge in [-0.2, -0.15) is 11.8 Å². The van der Waals surface area contributed by atoms with Gasteiger partial charge in [-0.25, -0.2) is 4.39 Å². The Labute approximate surface area is 106 Å². The smallest absolute Gasteiger partial charge is 0.254 e. The monoisotopic (exact) mass is 255 g/mol. The number of thioether (sulfide) groups is 1. The number of carbonyl (C=O) groups is 1. The average Bonchev–Trinajstić information content (AvgIpc) is 2.31. The molecule has 0 saturated heterocycles. The highest BCUT2D eigenvalue weighted by atomic mass is 32.2. The summed E-state index contributed by atoms with van der Waals surface area (Å²) in [5.41, 5.74) is 1.01. The van der Waals surface area contributed by atoms with E-state index >= 15 is 0 Å². The first-order chi connectivity index (χ1) is 8.08. The Hall–Kier alpha value is -1.03. The topological polar surface area (TPSA) is 29.1 Å². The van der Waals surface area contributed by atoms with Crippen LogP contribution in [0.5, 0.6) is 0 Å². The number of halogens is 1. The standard InChI is InChI=1S/C13H18FNOS/c1-4-10(8-17-3)15-13(16)11-7-9(2)5-6-12(11)14/h5-7,10H,4,8H2,1-3H3,(H,15,16). The van der Waals surface area contributed by atoms with Crippen LogP contribution >= 0.6 is 11.8 Å². The molecule has 0 fully saturated rings. The molecule has 0 aromatic heterocycles. The Kier molecular flexibility index (Phi) is 5.48. The molecule has 0 spiro atoms. The molecule has 0 aliphatic heterocycles. The fourth-order valence-corrected chi connectivity index (χ4v) is 2.26. The summed E-state index contributed by atoms with van der Waals surface area (Å²) in [6, 6.07) is 4.67. The number of nitrogens with one attached hydrogen (secondary N) is 1. The molecule has 1 rings (SSSR count). The molecule has 2 nitrogen and oxygen atoms in total. The van der Waals surface area contributed by atoms with Crippen molar-refractivity contribution in [1.29, 1.82) is 0 Å². The van der Waals surface area contributed by atoms with Crippen molar-refractivity contribution in [2.75, 3.05) is 12.0 Å². The van der Waals surface area contributed by atoms with E-state index < -0.39 is 5.82 Å². The van der Waals surface area contributed by atoms with Gasteiger partial charge in [0, 0.05) is 11.8 Å². The van der Waals surface area contributed by atoms with Crippen molar-refractivity contribution in [3.05, 3.63) is 35.1 Å². The van der Waals surface area contributed by atoms with Crippen LogP contribution in [0.3, 0.4) is 0 Å². The van der Waals surface area contributed by atoms with E-state index in [-0.39, 0.29) is 17.5 Å². The molecule has 0 saturated carbocycles. The molecule has 1 N–H and O–H groups in total. The summed E-state index contributed by atoms with van der Waals surface area (Å²) in [5.74, 6) is 0.0505. The molecule has 1 amide bonds. The zero-order chi connectivity index (χ0) is 12.8. The summed E-state index contributed by atoms with van der Waals surface area (Å²) in [6.45, 7) is 3.85. The number of hydrogen-bond acceptors (Lipinski definition) is 2. The second kappa shape index (κ2) is 6.64. The summed E-state index contributed by atoms with van der Waals surface area (Å²) in [5, 5.41) is 2.85. The van der Waals surface area contributed by atoms with Gasteiger partial charge in [0.2, 0.25) is 0 Å². The molecule has 0 aliphatic rings. The van der Waals surface area contributed by atoms with Crippen LogP contribution in [-0.4, -0.2) is 24.0 Å². The zero-order valence-corrected chi connectivity index (χ0v) is 11.2. The molecule has 94 valence electrons. The fraction of sp³-hybridized carbons (Fsp3) is 0.462. The lowest BCUT2D eigenvalue weighted by molar-refractivity contribution is 0.0936. The third kappa shape index (κ3) is 4.04. The Bertz CT molecular complexity index is 395. The lowest BCUT2D eigenvalue weighted by Crippen LogP contribution is -2.36. The number of aryl methyl sites for hydroxylation is 1. The maximum Gasteiger partial charge on any atom is 0.254 e. The van der Waals surface area contributed by atoms with E-state index in [4.69, 9.17) is 0 Å². The van der Waals surface area contributed by atoms with Gasteiger partial charge >= 0.3 is 0 Å². The Morgan fingerprint density at radius 1 is 1.53 bits per heavy atom. The van der Waals surface area contributed by atoms with Gasteiger partial charge in [0.25, 0.3) is 5.91 Å². The minimum absolute atomic E-state index is 0.0948. The molecule has 1 unspecified atom stereocenters. The second-order valence-corrected chi connectivity index (χ2v) is 4.93. The molecule has 1 atom stereocenters. The molecular weight excluding hydrogens is 237 g/mol. The summed E-state index contributed by atoms with van der Waals surface area (Å²) >= 11 is 1.67. The number of benzene rings is 1. The Morgan fingerprint density at radius 2 is 2.24 bits per heavy atom. The number of rotatable bonds is 5. The summed E-state index contributed by atoms with van der Waals surface area (Å²) in [6.07, 6.45) is 2.84. The van der Waals surface area contributed by atoms with E-state index in [1.807, 2.05) is 20.1 Å². The van der Waals surface area contributed by atoms with Crippen LogP contribution in [0.2, 0.25) is 0 Å². The van der Waals surface area contributed by atoms with Crippen LogP contribution in [0.4, 0.5) is 4.39 Å². The minimum atomic E-state index is -0.466. The molecule has 17 heavy (non-hydrogen) atoms. The predicted octanol–water partition coefficient (Wildman–Crippen LogP) is 3.01. The van der Waals surface area contributed by atoms with Crippen LogP contribution in [0.1, 0.15) is 29.3 Å². The molecule has 0 radical (unpaired) electrons. The van der Waals surface area contributed by atoms with Crippen molar-refractivity contribution in [2.45, 2.75) is 26.3 Å². The maximum absolute atomic E-state index is 13.5. The van der Waals surface area contributed by atoms with Gasteiger partial charge in [-0.15, -0.1) is 0 Å².